The van der Waals surface area contributed by atoms with Crippen LogP contribution in [0, 0.1) is 0 Å². The average molecular weight is 224 g/mol. The fourth-order valence-electron chi connectivity index (χ4n) is 1.71. The molecule has 0 bridgehead atoms. The van der Waals surface area contributed by atoms with Crippen molar-refractivity contribution in [2.75, 3.05) is 0 Å². The summed E-state index contributed by atoms with van der Waals surface area (Å²) in [4.78, 5) is 0. The molecule has 0 aliphatic rings. The van der Waals surface area contributed by atoms with Crippen LogP contribution in [0.3, 0.4) is 0 Å². The Morgan fingerprint density at radius 1 is 0.882 bits per heavy atom. The molecule has 86 valence electrons. The van der Waals surface area contributed by atoms with Gasteiger partial charge in [0.25, 0.3) is 0 Å². The predicted molar refractivity (Wildman–Crippen MR) is 71.5 cm³/mol. The first-order valence-corrected chi connectivity index (χ1v) is 5.81. The molecule has 0 unspecified atom stereocenters. The lowest BCUT2D eigenvalue weighted by Crippen LogP contribution is -1.94. The molecule has 0 fully saturated rings. The first-order chi connectivity index (χ1) is 8.36. The van der Waals surface area contributed by atoms with Gasteiger partial charge in [-0.3, -0.25) is 0 Å². The highest BCUT2D eigenvalue weighted by Gasteiger charge is 2.03. The molecule has 0 aromatic heterocycles. The molecule has 1 N–H and O–H groups in total. The van der Waals surface area contributed by atoms with Crippen molar-refractivity contribution >= 4 is 6.08 Å². The summed E-state index contributed by atoms with van der Waals surface area (Å²) in [6, 6.07) is 19.8. The van der Waals surface area contributed by atoms with E-state index in [0.29, 0.717) is 6.42 Å². The minimum absolute atomic E-state index is 0.420. The number of benzene rings is 2. The molecule has 0 radical (unpaired) electrons. The number of hydrogen-bond donors (Lipinski definition) is 1. The van der Waals surface area contributed by atoms with Crippen molar-refractivity contribution in [2.24, 2.45) is 0 Å². The molecule has 17 heavy (non-hydrogen) atoms. The molecule has 0 aliphatic heterocycles. The predicted octanol–water partition coefficient (Wildman–Crippen LogP) is 3.82. The van der Waals surface area contributed by atoms with E-state index in [1.54, 1.807) is 0 Å². The fraction of sp³-hybridized carbons (Fsp3) is 0.125. The van der Waals surface area contributed by atoms with Crippen LogP contribution in [-0.4, -0.2) is 5.11 Å². The molecule has 0 aliphatic carbocycles. The van der Waals surface area contributed by atoms with Gasteiger partial charge in [-0.15, -0.1) is 0 Å². The Labute approximate surface area is 102 Å². The van der Waals surface area contributed by atoms with Crippen LogP contribution >= 0.6 is 0 Å². The maximum absolute atomic E-state index is 9.95. The van der Waals surface area contributed by atoms with Crippen LogP contribution in [0.15, 0.2) is 66.7 Å². The van der Waals surface area contributed by atoms with Crippen LogP contribution in [0.1, 0.15) is 23.7 Å². The van der Waals surface area contributed by atoms with Crippen LogP contribution in [0.5, 0.6) is 0 Å². The Bertz CT molecular complexity index is 459. The summed E-state index contributed by atoms with van der Waals surface area (Å²) in [5, 5.41) is 9.95. The minimum atomic E-state index is -0.420. The first-order valence-electron chi connectivity index (χ1n) is 5.81. The van der Waals surface area contributed by atoms with Gasteiger partial charge in [0, 0.05) is 0 Å². The first kappa shape index (κ1) is 11.6. The van der Waals surface area contributed by atoms with Gasteiger partial charge in [-0.1, -0.05) is 72.8 Å². The highest BCUT2D eigenvalue weighted by molar-refractivity contribution is 5.48. The van der Waals surface area contributed by atoms with Gasteiger partial charge in [0.15, 0.2) is 0 Å². The van der Waals surface area contributed by atoms with Gasteiger partial charge in [-0.2, -0.15) is 0 Å². The van der Waals surface area contributed by atoms with E-state index >= 15 is 0 Å². The van der Waals surface area contributed by atoms with E-state index in [2.05, 4.69) is 0 Å². The van der Waals surface area contributed by atoms with E-state index < -0.39 is 6.10 Å². The number of aliphatic hydroxyl groups is 1. The van der Waals surface area contributed by atoms with Crippen LogP contribution in [-0.2, 0) is 0 Å². The van der Waals surface area contributed by atoms with Crippen molar-refractivity contribution in [1.82, 2.24) is 0 Å². The summed E-state index contributed by atoms with van der Waals surface area (Å²) < 4.78 is 0. The summed E-state index contributed by atoms with van der Waals surface area (Å²) in [5.74, 6) is 0. The zero-order valence-corrected chi connectivity index (χ0v) is 9.66. The minimum Gasteiger partial charge on any atom is -0.388 e. The van der Waals surface area contributed by atoms with E-state index in [1.807, 2.05) is 72.8 Å². The van der Waals surface area contributed by atoms with Crippen LogP contribution in [0.25, 0.3) is 6.08 Å². The normalized spacial score (nSPS) is 12.8. The van der Waals surface area contributed by atoms with E-state index in [0.717, 1.165) is 11.1 Å². The maximum Gasteiger partial charge on any atom is 0.0824 e. The van der Waals surface area contributed by atoms with Crippen LogP contribution in [0.4, 0.5) is 0 Å². The molecule has 2 aromatic carbocycles. The monoisotopic (exact) mass is 224 g/mol. The summed E-state index contributed by atoms with van der Waals surface area (Å²) in [5.41, 5.74) is 2.12. The molecular formula is C16H16O. The number of hydrogen-bond acceptors (Lipinski definition) is 1. The van der Waals surface area contributed by atoms with Gasteiger partial charge in [-0.05, 0) is 17.5 Å². The Kier molecular flexibility index (Phi) is 4.11. The third-order valence-electron chi connectivity index (χ3n) is 2.65. The topological polar surface area (TPSA) is 20.2 Å². The summed E-state index contributed by atoms with van der Waals surface area (Å²) >= 11 is 0. The smallest absolute Gasteiger partial charge is 0.0824 e. The van der Waals surface area contributed by atoms with Crippen molar-refractivity contribution in [3.8, 4) is 0 Å². The van der Waals surface area contributed by atoms with Crippen molar-refractivity contribution in [2.45, 2.75) is 12.5 Å². The molecule has 0 heterocycles. The Balaban J connectivity index is 1.93. The summed E-state index contributed by atoms with van der Waals surface area (Å²) in [6.45, 7) is 0. The van der Waals surface area contributed by atoms with E-state index in [4.69, 9.17) is 0 Å². The van der Waals surface area contributed by atoms with Crippen LogP contribution in [0.2, 0.25) is 0 Å². The Hall–Kier alpha value is -1.86. The molecule has 0 saturated carbocycles. The van der Waals surface area contributed by atoms with Crippen molar-refractivity contribution in [3.63, 3.8) is 0 Å². The van der Waals surface area contributed by atoms with Gasteiger partial charge < -0.3 is 5.11 Å². The molecule has 1 atom stereocenters. The number of rotatable bonds is 4. The summed E-state index contributed by atoms with van der Waals surface area (Å²) in [7, 11) is 0. The molecule has 0 spiro atoms. The standard InChI is InChI=1S/C16H16O/c17-16(15-11-5-2-6-12-15)13-7-10-14-8-3-1-4-9-14/h1-12,16-17H,13H2/b10-7-/t16-/m0/s1. The van der Waals surface area contributed by atoms with Gasteiger partial charge >= 0.3 is 0 Å². The molecule has 2 aromatic rings. The summed E-state index contributed by atoms with van der Waals surface area (Å²) in [6.07, 6.45) is 4.26. The zero-order chi connectivity index (χ0) is 11.9. The van der Waals surface area contributed by atoms with Gasteiger partial charge in [-0.25, -0.2) is 0 Å². The molecule has 2 rings (SSSR count). The lowest BCUT2D eigenvalue weighted by molar-refractivity contribution is 0.182. The lowest BCUT2D eigenvalue weighted by Gasteiger charge is -2.07. The lowest BCUT2D eigenvalue weighted by atomic mass is 10.1. The highest BCUT2D eigenvalue weighted by Crippen LogP contribution is 2.16. The van der Waals surface area contributed by atoms with Crippen molar-refractivity contribution in [1.29, 1.82) is 0 Å². The third-order valence-corrected chi connectivity index (χ3v) is 2.65. The third kappa shape index (κ3) is 3.58. The second-order valence-electron chi connectivity index (χ2n) is 3.98. The van der Waals surface area contributed by atoms with Crippen molar-refractivity contribution < 1.29 is 5.11 Å². The molecule has 1 heteroatoms. The second-order valence-corrected chi connectivity index (χ2v) is 3.98. The Morgan fingerprint density at radius 2 is 1.47 bits per heavy atom. The van der Waals surface area contributed by atoms with Crippen molar-refractivity contribution in [3.05, 3.63) is 77.9 Å². The number of aliphatic hydroxyl groups excluding tert-OH is 1. The molecule has 0 saturated heterocycles. The Morgan fingerprint density at radius 3 is 2.12 bits per heavy atom. The van der Waals surface area contributed by atoms with Crippen LogP contribution < -0.4 is 0 Å². The quantitative estimate of drug-likeness (QED) is 0.837. The van der Waals surface area contributed by atoms with E-state index in [1.165, 1.54) is 0 Å². The second kappa shape index (κ2) is 6.02. The van der Waals surface area contributed by atoms with Gasteiger partial charge in [0.1, 0.15) is 0 Å². The van der Waals surface area contributed by atoms with E-state index in [-0.39, 0.29) is 0 Å². The zero-order valence-electron chi connectivity index (χ0n) is 9.66. The molecule has 1 nitrogen and oxygen atoms in total. The van der Waals surface area contributed by atoms with Gasteiger partial charge in [0.2, 0.25) is 0 Å². The molecule has 0 amide bonds. The fourth-order valence-corrected chi connectivity index (χ4v) is 1.71. The molecular weight excluding hydrogens is 208 g/mol. The van der Waals surface area contributed by atoms with Gasteiger partial charge in [0.05, 0.1) is 6.10 Å². The maximum atomic E-state index is 9.95. The largest absolute Gasteiger partial charge is 0.388 e. The SMILES string of the molecule is O[C@@H](C/C=C\c1ccccc1)c1ccccc1. The van der Waals surface area contributed by atoms with E-state index in [9.17, 15) is 5.11 Å². The average Bonchev–Trinajstić information content (AvgIpc) is 2.41. The highest BCUT2D eigenvalue weighted by atomic mass is 16.3.